The van der Waals surface area contributed by atoms with Crippen molar-refractivity contribution in [3.63, 3.8) is 0 Å². The van der Waals surface area contributed by atoms with Gasteiger partial charge in [-0.05, 0) is 58.4 Å². The Labute approximate surface area is 172 Å². The van der Waals surface area contributed by atoms with Gasteiger partial charge in [0.05, 0.1) is 5.41 Å². The summed E-state index contributed by atoms with van der Waals surface area (Å²) in [4.78, 5) is 42.5. The van der Waals surface area contributed by atoms with Gasteiger partial charge in [0.2, 0.25) is 17.8 Å². The van der Waals surface area contributed by atoms with Crippen molar-refractivity contribution in [2.75, 3.05) is 64.3 Å². The Morgan fingerprint density at radius 1 is 0.931 bits per heavy atom. The lowest BCUT2D eigenvalue weighted by Gasteiger charge is -2.35. The summed E-state index contributed by atoms with van der Waals surface area (Å²) in [6, 6.07) is 1.84. The molecule has 0 N–H and O–H groups in total. The molecular weight excluding hydrogens is 368 g/mol. The number of unbranched alkanes of at least 4 members (excludes halogenated alkanes) is 1. The van der Waals surface area contributed by atoms with Crippen molar-refractivity contribution < 1.29 is 9.59 Å². The molecule has 0 aliphatic carbocycles. The lowest BCUT2D eigenvalue weighted by atomic mass is 9.77. The van der Waals surface area contributed by atoms with E-state index >= 15 is 0 Å². The number of piperazine rings is 1. The molecule has 4 rings (SSSR count). The molecule has 158 valence electrons. The van der Waals surface area contributed by atoms with Gasteiger partial charge in [-0.15, -0.1) is 0 Å². The molecule has 1 aromatic heterocycles. The van der Waals surface area contributed by atoms with Gasteiger partial charge in [-0.1, -0.05) is 0 Å². The summed E-state index contributed by atoms with van der Waals surface area (Å²) in [7, 11) is 2.08. The highest BCUT2D eigenvalue weighted by molar-refractivity contribution is 6.05. The molecule has 3 fully saturated rings. The summed E-state index contributed by atoms with van der Waals surface area (Å²) in [5, 5.41) is 0. The van der Waals surface area contributed by atoms with Crippen LogP contribution in [0, 0.1) is 5.41 Å². The Hall–Kier alpha value is -2.06. The summed E-state index contributed by atoms with van der Waals surface area (Å²) in [6.07, 6.45) is 7.52. The van der Waals surface area contributed by atoms with Gasteiger partial charge in [-0.2, -0.15) is 0 Å². The van der Waals surface area contributed by atoms with Gasteiger partial charge in [0.15, 0.2) is 0 Å². The summed E-state index contributed by atoms with van der Waals surface area (Å²) >= 11 is 0. The Morgan fingerprint density at radius 2 is 1.59 bits per heavy atom. The SMILES string of the molecule is CN1CCC2(CC1)CC(=O)N(CCCCN1CCN(c3ncccn3)CC1)C2=O. The third-order valence-corrected chi connectivity index (χ3v) is 6.75. The van der Waals surface area contributed by atoms with Gasteiger partial charge in [0, 0.05) is 51.5 Å². The first kappa shape index (κ1) is 20.2. The number of nitrogens with zero attached hydrogens (tertiary/aromatic N) is 6. The monoisotopic (exact) mass is 400 g/mol. The number of carbonyl (C=O) groups is 2. The van der Waals surface area contributed by atoms with E-state index in [1.54, 1.807) is 17.3 Å². The molecular formula is C21H32N6O2. The van der Waals surface area contributed by atoms with Crippen molar-refractivity contribution in [2.24, 2.45) is 5.41 Å². The maximum absolute atomic E-state index is 12.9. The topological polar surface area (TPSA) is 72.9 Å². The first-order chi connectivity index (χ1) is 14.1. The number of likely N-dealkylation sites (tertiary alicyclic amines) is 2. The van der Waals surface area contributed by atoms with E-state index < -0.39 is 5.41 Å². The van der Waals surface area contributed by atoms with Gasteiger partial charge in [0.25, 0.3) is 0 Å². The normalized spacial score (nSPS) is 23.3. The molecule has 8 heteroatoms. The van der Waals surface area contributed by atoms with Crippen LogP contribution in [0.25, 0.3) is 0 Å². The molecule has 3 aliphatic heterocycles. The van der Waals surface area contributed by atoms with Crippen LogP contribution in [0.5, 0.6) is 0 Å². The van der Waals surface area contributed by atoms with E-state index in [9.17, 15) is 9.59 Å². The van der Waals surface area contributed by atoms with Gasteiger partial charge in [0.1, 0.15) is 0 Å². The van der Waals surface area contributed by atoms with E-state index in [0.717, 1.165) is 77.4 Å². The van der Waals surface area contributed by atoms with E-state index in [1.807, 2.05) is 6.07 Å². The third-order valence-electron chi connectivity index (χ3n) is 6.75. The van der Waals surface area contributed by atoms with Crippen molar-refractivity contribution >= 4 is 17.8 Å². The first-order valence-corrected chi connectivity index (χ1v) is 10.9. The van der Waals surface area contributed by atoms with Crippen LogP contribution in [0.3, 0.4) is 0 Å². The molecule has 1 aromatic rings. The summed E-state index contributed by atoms with van der Waals surface area (Å²) in [6.45, 7) is 7.27. The third kappa shape index (κ3) is 4.43. The standard InChI is InChI=1S/C21H32N6O2/c1-24-11-5-21(6-12-24)17-18(28)27(19(21)29)10-3-2-9-25-13-15-26(16-14-25)20-22-7-4-8-23-20/h4,7-8H,2-3,5-6,9-17H2,1H3. The van der Waals surface area contributed by atoms with Crippen LogP contribution in [0.15, 0.2) is 18.5 Å². The fourth-order valence-electron chi connectivity index (χ4n) is 4.75. The number of anilines is 1. The molecule has 4 heterocycles. The maximum atomic E-state index is 12.9. The smallest absolute Gasteiger partial charge is 0.236 e. The highest BCUT2D eigenvalue weighted by Gasteiger charge is 2.51. The summed E-state index contributed by atoms with van der Waals surface area (Å²) in [5.74, 6) is 0.934. The predicted octanol–water partition coefficient (Wildman–Crippen LogP) is 0.850. The Morgan fingerprint density at radius 3 is 2.28 bits per heavy atom. The van der Waals surface area contributed by atoms with Crippen LogP contribution in [-0.2, 0) is 9.59 Å². The Bertz CT molecular complexity index is 711. The second kappa shape index (κ2) is 8.75. The van der Waals surface area contributed by atoms with Crippen molar-refractivity contribution in [1.29, 1.82) is 0 Å². The molecule has 0 saturated carbocycles. The molecule has 3 saturated heterocycles. The quantitative estimate of drug-likeness (QED) is 0.518. The van der Waals surface area contributed by atoms with Gasteiger partial charge in [-0.3, -0.25) is 19.4 Å². The number of aromatic nitrogens is 2. The molecule has 3 aliphatic rings. The average molecular weight is 401 g/mol. The highest BCUT2D eigenvalue weighted by Crippen LogP contribution is 2.41. The number of rotatable bonds is 6. The van der Waals surface area contributed by atoms with E-state index in [4.69, 9.17) is 0 Å². The summed E-state index contributed by atoms with van der Waals surface area (Å²) in [5.41, 5.74) is -0.403. The van der Waals surface area contributed by atoms with Crippen molar-refractivity contribution in [1.82, 2.24) is 24.7 Å². The zero-order valence-corrected chi connectivity index (χ0v) is 17.4. The van der Waals surface area contributed by atoms with Crippen LogP contribution in [-0.4, -0.2) is 95.9 Å². The lowest BCUT2D eigenvalue weighted by molar-refractivity contribution is -0.142. The molecule has 0 aromatic carbocycles. The number of hydrogen-bond acceptors (Lipinski definition) is 7. The second-order valence-electron chi connectivity index (χ2n) is 8.70. The summed E-state index contributed by atoms with van der Waals surface area (Å²) < 4.78 is 0. The molecule has 29 heavy (non-hydrogen) atoms. The molecule has 0 atom stereocenters. The number of hydrogen-bond donors (Lipinski definition) is 0. The molecule has 0 radical (unpaired) electrons. The van der Waals surface area contributed by atoms with E-state index in [1.165, 1.54) is 0 Å². The number of carbonyl (C=O) groups excluding carboxylic acids is 2. The molecule has 0 unspecified atom stereocenters. The fourth-order valence-corrected chi connectivity index (χ4v) is 4.75. The van der Waals surface area contributed by atoms with Crippen LogP contribution >= 0.6 is 0 Å². The molecule has 8 nitrogen and oxygen atoms in total. The lowest BCUT2D eigenvalue weighted by Crippen LogP contribution is -2.47. The number of imide groups is 1. The van der Waals surface area contributed by atoms with Crippen molar-refractivity contribution in [2.45, 2.75) is 32.1 Å². The van der Waals surface area contributed by atoms with Crippen LogP contribution in [0.2, 0.25) is 0 Å². The van der Waals surface area contributed by atoms with Crippen molar-refractivity contribution in [3.05, 3.63) is 18.5 Å². The van der Waals surface area contributed by atoms with Crippen LogP contribution in [0.4, 0.5) is 5.95 Å². The van der Waals surface area contributed by atoms with E-state index in [2.05, 4.69) is 31.7 Å². The Balaban J connectivity index is 1.18. The number of piperidine rings is 1. The minimum absolute atomic E-state index is 0.0380. The van der Waals surface area contributed by atoms with E-state index in [-0.39, 0.29) is 11.8 Å². The zero-order valence-electron chi connectivity index (χ0n) is 17.4. The van der Waals surface area contributed by atoms with Gasteiger partial charge in [-0.25, -0.2) is 9.97 Å². The molecule has 2 amide bonds. The van der Waals surface area contributed by atoms with Gasteiger partial charge >= 0.3 is 0 Å². The average Bonchev–Trinajstić information content (AvgIpc) is 2.98. The number of amides is 2. The second-order valence-corrected chi connectivity index (χ2v) is 8.70. The highest BCUT2D eigenvalue weighted by atomic mass is 16.2. The Kier molecular flexibility index (Phi) is 6.10. The first-order valence-electron chi connectivity index (χ1n) is 10.9. The maximum Gasteiger partial charge on any atom is 0.236 e. The van der Waals surface area contributed by atoms with Crippen LogP contribution < -0.4 is 4.90 Å². The largest absolute Gasteiger partial charge is 0.338 e. The van der Waals surface area contributed by atoms with E-state index in [0.29, 0.717) is 13.0 Å². The minimum Gasteiger partial charge on any atom is -0.338 e. The molecule has 0 bridgehead atoms. The fraction of sp³-hybridized carbons (Fsp3) is 0.714. The van der Waals surface area contributed by atoms with Crippen LogP contribution in [0.1, 0.15) is 32.1 Å². The minimum atomic E-state index is -0.403. The van der Waals surface area contributed by atoms with Gasteiger partial charge < -0.3 is 9.80 Å². The molecule has 1 spiro atoms. The van der Waals surface area contributed by atoms with Crippen molar-refractivity contribution in [3.8, 4) is 0 Å². The zero-order chi connectivity index (χ0) is 20.3. The predicted molar refractivity (Wildman–Crippen MR) is 110 cm³/mol.